The second-order valence-corrected chi connectivity index (χ2v) is 4.17. The molecular weight excluding hydrogens is 238 g/mol. The summed E-state index contributed by atoms with van der Waals surface area (Å²) in [6.45, 7) is 0. The van der Waals surface area contributed by atoms with Crippen molar-refractivity contribution in [2.24, 2.45) is 5.73 Å². The number of rotatable bonds is 3. The lowest BCUT2D eigenvalue weighted by molar-refractivity contribution is 0.715. The molecule has 1 heterocycles. The van der Waals surface area contributed by atoms with Gasteiger partial charge in [-0.05, 0) is 28.1 Å². The zero-order valence-corrected chi connectivity index (χ0v) is 10.2. The van der Waals surface area contributed by atoms with E-state index in [2.05, 4.69) is 15.5 Å². The lowest BCUT2D eigenvalue weighted by Crippen LogP contribution is -2.17. The van der Waals surface area contributed by atoms with Crippen LogP contribution in [0.5, 0.6) is 0 Å². The van der Waals surface area contributed by atoms with Crippen molar-refractivity contribution in [2.75, 3.05) is 0 Å². The van der Waals surface area contributed by atoms with Gasteiger partial charge in [0.15, 0.2) is 5.82 Å². The van der Waals surface area contributed by atoms with Gasteiger partial charge in [0.2, 0.25) is 0 Å². The van der Waals surface area contributed by atoms with Gasteiger partial charge in [0.25, 0.3) is 0 Å². The third kappa shape index (κ3) is 2.23. The maximum absolute atomic E-state index is 6.24. The molecule has 2 aromatic carbocycles. The third-order valence-electron chi connectivity index (χ3n) is 2.93. The monoisotopic (exact) mass is 251 g/mol. The van der Waals surface area contributed by atoms with Crippen LogP contribution >= 0.6 is 0 Å². The largest absolute Gasteiger partial charge is 0.318 e. The van der Waals surface area contributed by atoms with E-state index in [0.29, 0.717) is 5.82 Å². The molecule has 0 aliphatic carbocycles. The van der Waals surface area contributed by atoms with Crippen molar-refractivity contribution >= 4 is 0 Å². The molecule has 0 amide bonds. The predicted molar refractivity (Wildman–Crippen MR) is 71.6 cm³/mol. The van der Waals surface area contributed by atoms with Gasteiger partial charge in [0.1, 0.15) is 0 Å². The average Bonchev–Trinajstić information content (AvgIpc) is 2.98. The predicted octanol–water partition coefficient (Wildman–Crippen LogP) is 1.71. The van der Waals surface area contributed by atoms with Crippen LogP contribution in [0.3, 0.4) is 0 Å². The molecule has 3 aromatic rings. The molecule has 0 radical (unpaired) electrons. The summed E-state index contributed by atoms with van der Waals surface area (Å²) >= 11 is 0. The average molecular weight is 251 g/mol. The van der Waals surface area contributed by atoms with E-state index >= 15 is 0 Å². The fourth-order valence-electron chi connectivity index (χ4n) is 1.95. The first-order valence-electron chi connectivity index (χ1n) is 6.00. The first-order chi connectivity index (χ1) is 9.36. The summed E-state index contributed by atoms with van der Waals surface area (Å²) in [5.74, 6) is 0.623. The lowest BCUT2D eigenvalue weighted by atomic mass is 10.1. The van der Waals surface area contributed by atoms with Crippen molar-refractivity contribution in [3.63, 3.8) is 0 Å². The first-order valence-corrected chi connectivity index (χ1v) is 6.00. The van der Waals surface area contributed by atoms with Crippen LogP contribution in [-0.4, -0.2) is 20.2 Å². The molecule has 0 spiro atoms. The molecule has 19 heavy (non-hydrogen) atoms. The molecule has 0 saturated carbocycles. The Balaban J connectivity index is 2.01. The van der Waals surface area contributed by atoms with Crippen LogP contribution in [0.4, 0.5) is 0 Å². The zero-order valence-electron chi connectivity index (χ0n) is 10.2. The number of tetrazole rings is 1. The van der Waals surface area contributed by atoms with E-state index < -0.39 is 0 Å². The van der Waals surface area contributed by atoms with E-state index in [1.54, 1.807) is 4.68 Å². The molecule has 0 aliphatic heterocycles. The third-order valence-corrected chi connectivity index (χ3v) is 2.93. The molecule has 0 fully saturated rings. The molecule has 1 unspecified atom stereocenters. The summed E-state index contributed by atoms with van der Waals surface area (Å²) in [4.78, 5) is 0. The molecular formula is C14H13N5. The van der Waals surface area contributed by atoms with Gasteiger partial charge < -0.3 is 5.73 Å². The SMILES string of the molecule is NC(c1ccccc1)c1nnnn1-c1ccccc1. The molecule has 5 heteroatoms. The zero-order chi connectivity index (χ0) is 13.1. The van der Waals surface area contributed by atoms with E-state index in [9.17, 15) is 0 Å². The van der Waals surface area contributed by atoms with Crippen LogP contribution in [-0.2, 0) is 0 Å². The van der Waals surface area contributed by atoms with Gasteiger partial charge in [-0.3, -0.25) is 0 Å². The number of nitrogens with two attached hydrogens (primary N) is 1. The summed E-state index contributed by atoms with van der Waals surface area (Å²) in [6, 6.07) is 19.2. The highest BCUT2D eigenvalue weighted by Gasteiger charge is 2.17. The molecule has 1 aromatic heterocycles. The van der Waals surface area contributed by atoms with Crippen molar-refractivity contribution in [1.82, 2.24) is 20.2 Å². The van der Waals surface area contributed by atoms with Gasteiger partial charge in [0.05, 0.1) is 11.7 Å². The minimum atomic E-state index is -0.351. The van der Waals surface area contributed by atoms with Gasteiger partial charge in [-0.15, -0.1) is 5.10 Å². The topological polar surface area (TPSA) is 69.6 Å². The smallest absolute Gasteiger partial charge is 0.177 e. The van der Waals surface area contributed by atoms with Crippen LogP contribution < -0.4 is 5.73 Å². The van der Waals surface area contributed by atoms with Crippen LogP contribution in [0.15, 0.2) is 60.7 Å². The summed E-state index contributed by atoms with van der Waals surface area (Å²) < 4.78 is 1.66. The molecule has 0 saturated heterocycles. The number of hydrogen-bond donors (Lipinski definition) is 1. The summed E-state index contributed by atoms with van der Waals surface area (Å²) in [6.07, 6.45) is 0. The molecule has 2 N–H and O–H groups in total. The van der Waals surface area contributed by atoms with Gasteiger partial charge in [-0.25, -0.2) is 0 Å². The molecule has 1 atom stereocenters. The van der Waals surface area contributed by atoms with Crippen LogP contribution in [0.2, 0.25) is 0 Å². The van der Waals surface area contributed by atoms with E-state index in [1.165, 1.54) is 0 Å². The maximum atomic E-state index is 6.24. The second-order valence-electron chi connectivity index (χ2n) is 4.17. The van der Waals surface area contributed by atoms with Gasteiger partial charge in [-0.2, -0.15) is 4.68 Å². The highest BCUT2D eigenvalue weighted by atomic mass is 15.5. The van der Waals surface area contributed by atoms with Crippen molar-refractivity contribution in [3.8, 4) is 5.69 Å². The fourth-order valence-corrected chi connectivity index (χ4v) is 1.95. The molecule has 5 nitrogen and oxygen atoms in total. The number of para-hydroxylation sites is 1. The van der Waals surface area contributed by atoms with Crippen molar-refractivity contribution in [3.05, 3.63) is 72.1 Å². The van der Waals surface area contributed by atoms with Gasteiger partial charge >= 0.3 is 0 Å². The van der Waals surface area contributed by atoms with Gasteiger partial charge in [0, 0.05) is 0 Å². The standard InChI is InChI=1S/C14H13N5/c15-13(11-7-3-1-4-8-11)14-16-17-18-19(14)12-9-5-2-6-10-12/h1-10,13H,15H2. The van der Waals surface area contributed by atoms with E-state index in [1.807, 2.05) is 60.7 Å². The minimum absolute atomic E-state index is 0.351. The Bertz CT molecular complexity index is 648. The van der Waals surface area contributed by atoms with Crippen molar-refractivity contribution < 1.29 is 0 Å². The number of nitrogens with zero attached hydrogens (tertiary/aromatic N) is 4. The van der Waals surface area contributed by atoms with Crippen LogP contribution in [0.1, 0.15) is 17.4 Å². The Morgan fingerprint density at radius 1 is 0.895 bits per heavy atom. The Hall–Kier alpha value is -2.53. The number of hydrogen-bond acceptors (Lipinski definition) is 4. The maximum Gasteiger partial charge on any atom is 0.177 e. The normalized spacial score (nSPS) is 12.3. The summed E-state index contributed by atoms with van der Waals surface area (Å²) in [7, 11) is 0. The highest BCUT2D eigenvalue weighted by molar-refractivity contribution is 5.33. The van der Waals surface area contributed by atoms with E-state index in [0.717, 1.165) is 11.3 Å². The van der Waals surface area contributed by atoms with Gasteiger partial charge in [-0.1, -0.05) is 48.5 Å². The fraction of sp³-hybridized carbons (Fsp3) is 0.0714. The lowest BCUT2D eigenvalue weighted by Gasteiger charge is -2.11. The Morgan fingerprint density at radius 3 is 2.21 bits per heavy atom. The molecule has 0 bridgehead atoms. The minimum Gasteiger partial charge on any atom is -0.318 e. The molecule has 0 aliphatic rings. The molecule has 3 rings (SSSR count). The number of aromatic nitrogens is 4. The van der Waals surface area contributed by atoms with E-state index in [-0.39, 0.29) is 6.04 Å². The van der Waals surface area contributed by atoms with E-state index in [4.69, 9.17) is 5.73 Å². The Kier molecular flexibility index (Phi) is 3.04. The Labute approximate surface area is 110 Å². The van der Waals surface area contributed by atoms with Crippen molar-refractivity contribution in [1.29, 1.82) is 0 Å². The quantitative estimate of drug-likeness (QED) is 0.769. The summed E-state index contributed by atoms with van der Waals surface area (Å²) in [5.41, 5.74) is 8.11. The number of benzene rings is 2. The molecule has 94 valence electrons. The van der Waals surface area contributed by atoms with Crippen LogP contribution in [0.25, 0.3) is 5.69 Å². The highest BCUT2D eigenvalue weighted by Crippen LogP contribution is 2.18. The Morgan fingerprint density at radius 2 is 1.53 bits per heavy atom. The van der Waals surface area contributed by atoms with Crippen LogP contribution in [0, 0.1) is 0 Å². The second kappa shape index (κ2) is 4.99. The summed E-state index contributed by atoms with van der Waals surface area (Å²) in [5, 5.41) is 11.8. The first kappa shape index (κ1) is 11.6. The van der Waals surface area contributed by atoms with Crippen molar-refractivity contribution in [2.45, 2.75) is 6.04 Å².